The molecule has 1 amide bonds. The lowest BCUT2D eigenvalue weighted by Gasteiger charge is -2.20. The molecule has 1 aliphatic heterocycles. The van der Waals surface area contributed by atoms with Crippen LogP contribution in [0.2, 0.25) is 0 Å². The van der Waals surface area contributed by atoms with Gasteiger partial charge >= 0.3 is 10.1 Å². The zero-order valence-corrected chi connectivity index (χ0v) is 14.5. The van der Waals surface area contributed by atoms with E-state index in [1.54, 1.807) is 6.07 Å². The average Bonchev–Trinajstić information content (AvgIpc) is 2.88. The molecular formula is C16H24N2O4S. The highest BCUT2D eigenvalue weighted by atomic mass is 32.2. The van der Waals surface area contributed by atoms with Crippen LogP contribution in [0.5, 0.6) is 0 Å². The van der Waals surface area contributed by atoms with E-state index in [0.29, 0.717) is 24.3 Å². The predicted octanol–water partition coefficient (Wildman–Crippen LogP) is 2.70. The van der Waals surface area contributed by atoms with Crippen LogP contribution in [0.1, 0.15) is 45.1 Å². The summed E-state index contributed by atoms with van der Waals surface area (Å²) in [6, 6.07) is 4.59. The number of carbonyl (C=O) groups is 1. The minimum atomic E-state index is -3.87. The molecule has 2 rings (SSSR count). The van der Waals surface area contributed by atoms with Crippen LogP contribution in [0.25, 0.3) is 0 Å². The Morgan fingerprint density at radius 1 is 1.17 bits per heavy atom. The molecule has 0 atom stereocenters. The topological polar surface area (TPSA) is 75.7 Å². The standard InChI is InChI=1S/C16H24N2O4S/c1-3-5-9-18(10-6-4-2)22-23(20,21)14-7-8-15-13(11-14)12-16(19)17-15/h7-8,11H,3-6,9-10,12H2,1-2H3,(H,17,19). The van der Waals surface area contributed by atoms with Crippen molar-refractivity contribution in [2.45, 2.75) is 50.8 Å². The smallest absolute Gasteiger partial charge is 0.313 e. The Balaban J connectivity index is 2.13. The van der Waals surface area contributed by atoms with Gasteiger partial charge < -0.3 is 5.32 Å². The van der Waals surface area contributed by atoms with Gasteiger partial charge in [-0.1, -0.05) is 26.7 Å². The van der Waals surface area contributed by atoms with Gasteiger partial charge in [0.25, 0.3) is 0 Å². The van der Waals surface area contributed by atoms with Gasteiger partial charge in [0.1, 0.15) is 0 Å². The van der Waals surface area contributed by atoms with Crippen LogP contribution in [0.15, 0.2) is 23.1 Å². The molecule has 1 N–H and O–H groups in total. The highest BCUT2D eigenvalue weighted by molar-refractivity contribution is 7.86. The van der Waals surface area contributed by atoms with Crippen LogP contribution in [0, 0.1) is 0 Å². The van der Waals surface area contributed by atoms with Gasteiger partial charge in [0.05, 0.1) is 11.3 Å². The van der Waals surface area contributed by atoms with E-state index in [-0.39, 0.29) is 17.2 Å². The summed E-state index contributed by atoms with van der Waals surface area (Å²) in [7, 11) is -3.87. The number of amides is 1. The summed E-state index contributed by atoms with van der Waals surface area (Å²) in [5, 5.41) is 4.21. The van der Waals surface area contributed by atoms with E-state index < -0.39 is 10.1 Å². The predicted molar refractivity (Wildman–Crippen MR) is 88.4 cm³/mol. The van der Waals surface area contributed by atoms with Gasteiger partial charge in [0.2, 0.25) is 5.91 Å². The normalized spacial score (nSPS) is 14.1. The van der Waals surface area contributed by atoms with Crippen molar-refractivity contribution >= 4 is 21.7 Å². The molecule has 0 saturated heterocycles. The third-order valence-corrected chi connectivity index (χ3v) is 4.95. The first-order valence-electron chi connectivity index (χ1n) is 8.08. The van der Waals surface area contributed by atoms with Crippen molar-refractivity contribution in [1.82, 2.24) is 5.06 Å². The lowest BCUT2D eigenvalue weighted by molar-refractivity contribution is -0.115. The highest BCUT2D eigenvalue weighted by Crippen LogP contribution is 2.27. The molecule has 0 unspecified atom stereocenters. The molecule has 6 nitrogen and oxygen atoms in total. The van der Waals surface area contributed by atoms with Gasteiger partial charge in [0.15, 0.2) is 0 Å². The van der Waals surface area contributed by atoms with Crippen molar-refractivity contribution < 1.29 is 17.5 Å². The van der Waals surface area contributed by atoms with E-state index in [1.165, 1.54) is 17.2 Å². The molecule has 0 aliphatic carbocycles. The molecule has 128 valence electrons. The van der Waals surface area contributed by atoms with E-state index in [2.05, 4.69) is 19.2 Å². The molecule has 0 radical (unpaired) electrons. The minimum Gasteiger partial charge on any atom is -0.326 e. The molecule has 23 heavy (non-hydrogen) atoms. The van der Waals surface area contributed by atoms with Crippen LogP contribution in [-0.2, 0) is 25.6 Å². The van der Waals surface area contributed by atoms with Crippen LogP contribution < -0.4 is 5.32 Å². The monoisotopic (exact) mass is 340 g/mol. The van der Waals surface area contributed by atoms with Crippen molar-refractivity contribution in [1.29, 1.82) is 0 Å². The number of carbonyl (C=O) groups excluding carboxylic acids is 1. The molecule has 0 spiro atoms. The van der Waals surface area contributed by atoms with Gasteiger partial charge in [-0.2, -0.15) is 17.8 Å². The molecule has 0 saturated carbocycles. The number of nitrogens with zero attached hydrogens (tertiary/aromatic N) is 1. The maximum absolute atomic E-state index is 12.5. The summed E-state index contributed by atoms with van der Waals surface area (Å²) >= 11 is 0. The SMILES string of the molecule is CCCCN(CCCC)OS(=O)(=O)c1ccc2c(c1)CC(=O)N2. The van der Waals surface area contributed by atoms with Crippen LogP contribution >= 0.6 is 0 Å². The molecule has 1 aromatic rings. The minimum absolute atomic E-state index is 0.0887. The first-order chi connectivity index (χ1) is 11.0. The number of hydrogen-bond acceptors (Lipinski definition) is 5. The number of hydrogen-bond donors (Lipinski definition) is 1. The number of unbranched alkanes of at least 4 members (excludes halogenated alkanes) is 2. The second kappa shape index (κ2) is 7.90. The van der Waals surface area contributed by atoms with E-state index in [9.17, 15) is 13.2 Å². The Morgan fingerprint density at radius 2 is 1.83 bits per heavy atom. The van der Waals surface area contributed by atoms with E-state index in [4.69, 9.17) is 4.28 Å². The molecule has 7 heteroatoms. The summed E-state index contributed by atoms with van der Waals surface area (Å²) in [5.74, 6) is -0.122. The molecule has 1 heterocycles. The number of fused-ring (bicyclic) bond motifs is 1. The Labute approximate surface area is 137 Å². The maximum atomic E-state index is 12.5. The van der Waals surface area contributed by atoms with E-state index >= 15 is 0 Å². The highest BCUT2D eigenvalue weighted by Gasteiger charge is 2.24. The van der Waals surface area contributed by atoms with Crippen LogP contribution in [-0.4, -0.2) is 32.5 Å². The molecule has 1 aromatic carbocycles. The Hall–Kier alpha value is -1.44. The van der Waals surface area contributed by atoms with Gasteiger partial charge in [-0.15, -0.1) is 0 Å². The largest absolute Gasteiger partial charge is 0.326 e. The van der Waals surface area contributed by atoms with Crippen molar-refractivity contribution in [2.24, 2.45) is 0 Å². The summed E-state index contributed by atoms with van der Waals surface area (Å²) in [6.07, 6.45) is 3.90. The van der Waals surface area contributed by atoms with Crippen molar-refractivity contribution in [3.63, 3.8) is 0 Å². The Kier molecular flexibility index (Phi) is 6.15. The van der Waals surface area contributed by atoms with Gasteiger partial charge in [-0.3, -0.25) is 4.79 Å². The van der Waals surface area contributed by atoms with Crippen LogP contribution in [0.4, 0.5) is 5.69 Å². The quantitative estimate of drug-likeness (QED) is 0.700. The number of rotatable bonds is 9. The first kappa shape index (κ1) is 17.9. The maximum Gasteiger partial charge on any atom is 0.313 e. The fourth-order valence-corrected chi connectivity index (χ4v) is 3.43. The van der Waals surface area contributed by atoms with Crippen molar-refractivity contribution in [2.75, 3.05) is 18.4 Å². The second-order valence-corrected chi connectivity index (χ2v) is 7.24. The zero-order valence-electron chi connectivity index (χ0n) is 13.7. The van der Waals surface area contributed by atoms with Gasteiger partial charge in [-0.25, -0.2) is 0 Å². The summed E-state index contributed by atoms with van der Waals surface area (Å²) in [6.45, 7) is 5.27. The average molecular weight is 340 g/mol. The fourth-order valence-electron chi connectivity index (χ4n) is 2.40. The van der Waals surface area contributed by atoms with Crippen molar-refractivity contribution in [3.8, 4) is 0 Å². The van der Waals surface area contributed by atoms with Gasteiger partial charge in [-0.05, 0) is 36.6 Å². The molecular weight excluding hydrogens is 316 g/mol. The van der Waals surface area contributed by atoms with Crippen LogP contribution in [0.3, 0.4) is 0 Å². The third-order valence-electron chi connectivity index (χ3n) is 3.72. The molecule has 1 aliphatic rings. The number of benzene rings is 1. The Bertz CT molecular complexity index is 650. The van der Waals surface area contributed by atoms with E-state index in [1.807, 2.05) is 0 Å². The van der Waals surface area contributed by atoms with Gasteiger partial charge in [0, 0.05) is 18.8 Å². The van der Waals surface area contributed by atoms with Crippen molar-refractivity contribution in [3.05, 3.63) is 23.8 Å². The lowest BCUT2D eigenvalue weighted by atomic mass is 10.2. The summed E-state index contributed by atoms with van der Waals surface area (Å²) < 4.78 is 30.3. The number of nitrogens with one attached hydrogen (secondary N) is 1. The Morgan fingerprint density at radius 3 is 2.43 bits per heavy atom. The summed E-state index contributed by atoms with van der Waals surface area (Å²) in [4.78, 5) is 11.5. The molecule has 0 fully saturated rings. The third kappa shape index (κ3) is 4.76. The van der Waals surface area contributed by atoms with E-state index in [0.717, 1.165) is 25.7 Å². The second-order valence-electron chi connectivity index (χ2n) is 5.71. The fraction of sp³-hybridized carbons (Fsp3) is 0.562. The lowest BCUT2D eigenvalue weighted by Crippen LogP contribution is -2.29. The summed E-state index contributed by atoms with van der Waals surface area (Å²) in [5.41, 5.74) is 1.36. The zero-order chi connectivity index (χ0) is 16.9. The number of anilines is 1. The first-order valence-corrected chi connectivity index (χ1v) is 9.49. The number of hydroxylamine groups is 2. The molecule has 0 bridgehead atoms. The molecule has 0 aromatic heterocycles.